The molecular formula is C16H16N6O3. The summed E-state index contributed by atoms with van der Waals surface area (Å²) in [6.45, 7) is 4.10. The number of rotatable bonds is 2. The number of non-ortho nitro benzene ring substituents is 1. The Balaban J connectivity index is 1.85. The third-order valence-electron chi connectivity index (χ3n) is 4.61. The largest absolute Gasteiger partial charge is 0.326 e. The lowest BCUT2D eigenvalue weighted by atomic mass is 9.73. The Labute approximate surface area is 142 Å². The quantitative estimate of drug-likeness (QED) is 0.658. The number of hydrogen-bond acceptors (Lipinski definition) is 7. The van der Waals surface area contributed by atoms with Crippen LogP contribution >= 0.6 is 0 Å². The number of nitro benzene ring substituents is 1. The van der Waals surface area contributed by atoms with Crippen molar-refractivity contribution < 1.29 is 9.72 Å². The third kappa shape index (κ3) is 2.48. The van der Waals surface area contributed by atoms with Crippen molar-refractivity contribution in [3.8, 4) is 0 Å². The molecule has 0 amide bonds. The van der Waals surface area contributed by atoms with Crippen LogP contribution in [0.1, 0.15) is 38.3 Å². The second kappa shape index (κ2) is 5.20. The van der Waals surface area contributed by atoms with Gasteiger partial charge in [-0.05, 0) is 40.0 Å². The molecule has 128 valence electrons. The van der Waals surface area contributed by atoms with Crippen molar-refractivity contribution in [2.45, 2.75) is 32.7 Å². The number of nitrogens with one attached hydrogen (secondary N) is 1. The molecule has 2 aliphatic rings. The van der Waals surface area contributed by atoms with E-state index in [9.17, 15) is 14.9 Å². The van der Waals surface area contributed by atoms with Crippen LogP contribution in [0, 0.1) is 15.5 Å². The summed E-state index contributed by atoms with van der Waals surface area (Å²) >= 11 is 0. The molecule has 9 heteroatoms. The highest BCUT2D eigenvalue weighted by Crippen LogP contribution is 2.45. The number of anilines is 1. The molecule has 0 spiro atoms. The number of aromatic nitrogens is 4. The second-order valence-electron chi connectivity index (χ2n) is 7.16. The molecule has 1 N–H and O–H groups in total. The van der Waals surface area contributed by atoms with Crippen LogP contribution in [0.3, 0.4) is 0 Å². The Kier molecular flexibility index (Phi) is 3.21. The van der Waals surface area contributed by atoms with Crippen molar-refractivity contribution in [2.24, 2.45) is 5.41 Å². The van der Waals surface area contributed by atoms with E-state index in [0.29, 0.717) is 24.4 Å². The Morgan fingerprint density at radius 2 is 2.00 bits per heavy atom. The number of benzene rings is 1. The van der Waals surface area contributed by atoms with E-state index < -0.39 is 11.0 Å². The monoisotopic (exact) mass is 340 g/mol. The predicted octanol–water partition coefficient (Wildman–Crippen LogP) is 2.24. The van der Waals surface area contributed by atoms with E-state index in [0.717, 1.165) is 11.3 Å². The van der Waals surface area contributed by atoms with Gasteiger partial charge in [0.05, 0.1) is 4.92 Å². The van der Waals surface area contributed by atoms with Gasteiger partial charge < -0.3 is 5.32 Å². The fraction of sp³-hybridized carbons (Fsp3) is 0.375. The summed E-state index contributed by atoms with van der Waals surface area (Å²) in [5.41, 5.74) is 2.06. The molecule has 0 saturated carbocycles. The number of nitrogens with zero attached hydrogens (tertiary/aromatic N) is 5. The molecule has 2 aromatic rings. The maximum absolute atomic E-state index is 12.8. The summed E-state index contributed by atoms with van der Waals surface area (Å²) < 4.78 is 1.55. The van der Waals surface area contributed by atoms with Gasteiger partial charge in [-0.25, -0.2) is 0 Å². The summed E-state index contributed by atoms with van der Waals surface area (Å²) in [5, 5.41) is 25.7. The van der Waals surface area contributed by atoms with Crippen LogP contribution in [0.5, 0.6) is 0 Å². The Bertz CT molecular complexity index is 912. The van der Waals surface area contributed by atoms with Gasteiger partial charge in [-0.15, -0.1) is 0 Å². The third-order valence-corrected chi connectivity index (χ3v) is 4.61. The van der Waals surface area contributed by atoms with Gasteiger partial charge in [0.15, 0.2) is 5.78 Å². The fourth-order valence-corrected chi connectivity index (χ4v) is 3.56. The minimum Gasteiger partial charge on any atom is -0.326 e. The molecule has 0 saturated heterocycles. The summed E-state index contributed by atoms with van der Waals surface area (Å²) in [4.78, 5) is 23.3. The molecule has 9 nitrogen and oxygen atoms in total. The highest BCUT2D eigenvalue weighted by molar-refractivity contribution is 6.00. The number of nitro groups is 1. The zero-order valence-electron chi connectivity index (χ0n) is 13.8. The van der Waals surface area contributed by atoms with E-state index in [1.807, 2.05) is 0 Å². The van der Waals surface area contributed by atoms with E-state index in [4.69, 9.17) is 0 Å². The molecule has 1 aliphatic carbocycles. The van der Waals surface area contributed by atoms with E-state index in [2.05, 4.69) is 34.7 Å². The molecule has 2 heterocycles. The van der Waals surface area contributed by atoms with Gasteiger partial charge in [0.25, 0.3) is 5.69 Å². The van der Waals surface area contributed by atoms with Crippen LogP contribution in [0.25, 0.3) is 0 Å². The lowest BCUT2D eigenvalue weighted by molar-refractivity contribution is -0.384. The van der Waals surface area contributed by atoms with Gasteiger partial charge in [-0.1, -0.05) is 18.9 Å². The van der Waals surface area contributed by atoms with Crippen molar-refractivity contribution in [1.29, 1.82) is 0 Å². The molecule has 0 radical (unpaired) electrons. The summed E-state index contributed by atoms with van der Waals surface area (Å²) in [7, 11) is 0. The van der Waals surface area contributed by atoms with Crippen molar-refractivity contribution >= 4 is 17.4 Å². The van der Waals surface area contributed by atoms with Gasteiger partial charge in [0.1, 0.15) is 6.04 Å². The lowest BCUT2D eigenvalue weighted by Gasteiger charge is -2.37. The van der Waals surface area contributed by atoms with Crippen molar-refractivity contribution in [2.75, 3.05) is 5.32 Å². The van der Waals surface area contributed by atoms with Crippen LogP contribution < -0.4 is 5.32 Å². The van der Waals surface area contributed by atoms with Crippen LogP contribution in [-0.2, 0) is 4.79 Å². The van der Waals surface area contributed by atoms with Crippen molar-refractivity contribution in [3.63, 3.8) is 0 Å². The number of Topliss-reactive ketones (excluding diaryl/α,β-unsaturated/α-hetero) is 1. The molecular weight excluding hydrogens is 324 g/mol. The Morgan fingerprint density at radius 1 is 1.28 bits per heavy atom. The smallest absolute Gasteiger partial charge is 0.269 e. The maximum atomic E-state index is 12.8. The number of ketones is 1. The highest BCUT2D eigenvalue weighted by Gasteiger charge is 2.41. The summed E-state index contributed by atoms with van der Waals surface area (Å²) in [5.74, 6) is 0.510. The maximum Gasteiger partial charge on any atom is 0.269 e. The number of hydrogen-bond donors (Lipinski definition) is 1. The van der Waals surface area contributed by atoms with Crippen LogP contribution in [-0.4, -0.2) is 30.9 Å². The van der Waals surface area contributed by atoms with E-state index >= 15 is 0 Å². The van der Waals surface area contributed by atoms with Crippen LogP contribution in [0.15, 0.2) is 35.5 Å². The van der Waals surface area contributed by atoms with E-state index in [1.54, 1.807) is 16.8 Å². The first-order chi connectivity index (χ1) is 11.9. The van der Waals surface area contributed by atoms with Crippen LogP contribution in [0.4, 0.5) is 11.6 Å². The zero-order chi connectivity index (χ0) is 17.8. The molecule has 0 fully saturated rings. The number of fused-ring (bicyclic) bond motifs is 1. The second-order valence-corrected chi connectivity index (χ2v) is 7.16. The van der Waals surface area contributed by atoms with Crippen molar-refractivity contribution in [1.82, 2.24) is 20.2 Å². The molecule has 25 heavy (non-hydrogen) atoms. The van der Waals surface area contributed by atoms with Gasteiger partial charge in [-0.2, -0.15) is 4.68 Å². The molecule has 1 aliphatic heterocycles. The minimum atomic E-state index is -0.481. The van der Waals surface area contributed by atoms with E-state index in [-0.39, 0.29) is 16.9 Å². The van der Waals surface area contributed by atoms with Gasteiger partial charge in [0.2, 0.25) is 5.95 Å². The van der Waals surface area contributed by atoms with Crippen molar-refractivity contribution in [3.05, 3.63) is 51.2 Å². The summed E-state index contributed by atoms with van der Waals surface area (Å²) in [6.07, 6.45) is 1.15. The molecule has 1 aromatic carbocycles. The van der Waals surface area contributed by atoms with Gasteiger partial charge in [-0.3, -0.25) is 14.9 Å². The number of carbonyl (C=O) groups excluding carboxylic acids is 1. The molecule has 1 aromatic heterocycles. The Hall–Kier alpha value is -3.10. The van der Waals surface area contributed by atoms with Gasteiger partial charge in [0, 0.05) is 29.8 Å². The van der Waals surface area contributed by atoms with Crippen LogP contribution in [0.2, 0.25) is 0 Å². The lowest BCUT2D eigenvalue weighted by Crippen LogP contribution is -2.36. The first-order valence-electron chi connectivity index (χ1n) is 7.91. The molecule has 0 bridgehead atoms. The van der Waals surface area contributed by atoms with Gasteiger partial charge >= 0.3 is 0 Å². The highest BCUT2D eigenvalue weighted by atomic mass is 16.6. The fourth-order valence-electron chi connectivity index (χ4n) is 3.56. The normalized spacial score (nSPS) is 21.4. The minimum absolute atomic E-state index is 0.0000645. The first kappa shape index (κ1) is 15.4. The molecule has 1 atom stereocenters. The zero-order valence-corrected chi connectivity index (χ0v) is 13.8. The summed E-state index contributed by atoms with van der Waals surface area (Å²) in [6, 6.07) is 5.68. The topological polar surface area (TPSA) is 116 Å². The standard InChI is InChI=1S/C16H16N6O3/c1-16(2)7-11-13(12(23)8-16)14(21-15(17-11)18-19-20-21)9-3-5-10(6-4-9)22(24)25/h3-6,14H,7-8H2,1-2H3,(H,17,18,20). The molecule has 4 rings (SSSR count). The van der Waals surface area contributed by atoms with E-state index in [1.165, 1.54) is 12.1 Å². The first-order valence-corrected chi connectivity index (χ1v) is 7.91. The Morgan fingerprint density at radius 3 is 2.68 bits per heavy atom. The molecule has 1 unspecified atom stereocenters. The average Bonchev–Trinajstić information content (AvgIpc) is 2.99. The number of allylic oxidation sites excluding steroid dienone is 2. The SMILES string of the molecule is CC1(C)CC(=O)C2=C(C1)Nc1nnnn1C2c1ccc([N+](=O)[O-])cc1. The number of tetrazole rings is 1. The average molecular weight is 340 g/mol. The number of carbonyl (C=O) groups is 1. The predicted molar refractivity (Wildman–Crippen MR) is 87.7 cm³/mol.